The molecule has 0 N–H and O–H groups in total. The summed E-state index contributed by atoms with van der Waals surface area (Å²) in [5.41, 5.74) is 3.27. The van der Waals surface area contributed by atoms with Crippen LogP contribution >= 0.6 is 0 Å². The second kappa shape index (κ2) is 15.1. The van der Waals surface area contributed by atoms with Crippen LogP contribution in [0.1, 0.15) is 36.5 Å². The zero-order chi connectivity index (χ0) is 29.1. The number of rotatable bonds is 14. The normalized spacial score (nSPS) is 11.6. The van der Waals surface area contributed by atoms with Crippen LogP contribution in [-0.2, 0) is 26.4 Å². The molecule has 0 saturated carbocycles. The maximum atomic E-state index is 11.6. The van der Waals surface area contributed by atoms with E-state index in [2.05, 4.69) is 37.0 Å². The van der Waals surface area contributed by atoms with Gasteiger partial charge in [0.15, 0.2) is 28.1 Å². The Morgan fingerprint density at radius 1 is 0.744 bits per heavy atom. The Hall–Kier alpha value is -2.83. The van der Waals surface area contributed by atoms with Crippen molar-refractivity contribution in [3.8, 4) is 17.2 Å². The fraction of sp³-hybridized carbons (Fsp3) is 0.517. The molecule has 0 aromatic heterocycles. The SMILES string of the molecule is CCOC(=O)Oc1ccc(CCC[Si](C)(C)O[Si](C)(C)CCCc2ccc(OC(=O)OC)c(OC)c2)cc1C. The van der Waals surface area contributed by atoms with Crippen molar-refractivity contribution in [1.29, 1.82) is 0 Å². The van der Waals surface area contributed by atoms with Gasteiger partial charge in [-0.05, 0) is 113 Å². The molecule has 0 heterocycles. The van der Waals surface area contributed by atoms with Gasteiger partial charge in [0.2, 0.25) is 0 Å². The lowest BCUT2D eigenvalue weighted by atomic mass is 10.1. The Morgan fingerprint density at radius 3 is 1.79 bits per heavy atom. The van der Waals surface area contributed by atoms with Gasteiger partial charge in [0.1, 0.15) is 5.75 Å². The molecule has 0 radical (unpaired) electrons. The zero-order valence-corrected chi connectivity index (χ0v) is 26.7. The third-order valence-electron chi connectivity index (χ3n) is 6.32. The van der Waals surface area contributed by atoms with E-state index in [1.807, 2.05) is 31.2 Å². The van der Waals surface area contributed by atoms with E-state index in [1.54, 1.807) is 20.1 Å². The van der Waals surface area contributed by atoms with Crippen molar-refractivity contribution in [3.05, 3.63) is 53.1 Å². The van der Waals surface area contributed by atoms with Gasteiger partial charge in [-0.1, -0.05) is 18.2 Å². The van der Waals surface area contributed by atoms with E-state index < -0.39 is 28.9 Å². The molecule has 8 nitrogen and oxygen atoms in total. The lowest BCUT2D eigenvalue weighted by Gasteiger charge is -2.34. The van der Waals surface area contributed by atoms with Crippen molar-refractivity contribution in [3.63, 3.8) is 0 Å². The molecule has 0 unspecified atom stereocenters. The van der Waals surface area contributed by atoms with Crippen LogP contribution in [0.15, 0.2) is 36.4 Å². The summed E-state index contributed by atoms with van der Waals surface area (Å²) in [6.45, 7) is 13.2. The molecule has 216 valence electrons. The summed E-state index contributed by atoms with van der Waals surface area (Å²) >= 11 is 0. The number of methoxy groups -OCH3 is 2. The Labute approximate surface area is 235 Å². The lowest BCUT2D eigenvalue weighted by Crippen LogP contribution is -2.44. The molecule has 0 amide bonds. The summed E-state index contributed by atoms with van der Waals surface area (Å²) in [6.07, 6.45) is 2.48. The van der Waals surface area contributed by atoms with Crippen molar-refractivity contribution < 1.29 is 37.4 Å². The van der Waals surface area contributed by atoms with Gasteiger partial charge >= 0.3 is 12.3 Å². The maximum absolute atomic E-state index is 11.6. The zero-order valence-electron chi connectivity index (χ0n) is 24.7. The molecule has 2 rings (SSSR count). The highest BCUT2D eigenvalue weighted by molar-refractivity contribution is 6.84. The van der Waals surface area contributed by atoms with E-state index in [0.717, 1.165) is 48.9 Å². The van der Waals surface area contributed by atoms with Crippen molar-refractivity contribution in [2.24, 2.45) is 0 Å². The molecule has 39 heavy (non-hydrogen) atoms. The first-order valence-corrected chi connectivity index (χ1v) is 19.7. The van der Waals surface area contributed by atoms with E-state index in [4.69, 9.17) is 23.1 Å². The van der Waals surface area contributed by atoms with Crippen LogP contribution in [-0.4, -0.2) is 49.8 Å². The quantitative estimate of drug-likeness (QED) is 0.129. The summed E-state index contributed by atoms with van der Waals surface area (Å²) < 4.78 is 32.0. The lowest BCUT2D eigenvalue weighted by molar-refractivity contribution is 0.104. The molecule has 0 aliphatic heterocycles. The van der Waals surface area contributed by atoms with Crippen LogP contribution < -0.4 is 14.2 Å². The number of carbonyl (C=O) groups excluding carboxylic acids is 2. The maximum Gasteiger partial charge on any atom is 0.513 e. The van der Waals surface area contributed by atoms with Gasteiger partial charge in [0, 0.05) is 0 Å². The van der Waals surface area contributed by atoms with Crippen molar-refractivity contribution in [1.82, 2.24) is 0 Å². The van der Waals surface area contributed by atoms with Gasteiger partial charge in [-0.2, -0.15) is 0 Å². The van der Waals surface area contributed by atoms with E-state index in [1.165, 1.54) is 12.7 Å². The highest BCUT2D eigenvalue weighted by Gasteiger charge is 2.32. The van der Waals surface area contributed by atoms with E-state index in [0.29, 0.717) is 17.2 Å². The minimum atomic E-state index is -1.84. The summed E-state index contributed by atoms with van der Waals surface area (Å²) in [4.78, 5) is 23.0. The van der Waals surface area contributed by atoms with Gasteiger partial charge in [-0.3, -0.25) is 0 Å². The molecule has 0 atom stereocenters. The van der Waals surface area contributed by atoms with E-state index in [9.17, 15) is 9.59 Å². The first-order chi connectivity index (χ1) is 18.4. The summed E-state index contributed by atoms with van der Waals surface area (Å²) in [5, 5.41) is 0. The van der Waals surface area contributed by atoms with Gasteiger partial charge in [0.25, 0.3) is 0 Å². The predicted molar refractivity (Wildman–Crippen MR) is 157 cm³/mol. The highest BCUT2D eigenvalue weighted by Crippen LogP contribution is 2.30. The number of carbonyl (C=O) groups is 2. The molecule has 10 heteroatoms. The van der Waals surface area contributed by atoms with Crippen molar-refractivity contribution in [2.75, 3.05) is 20.8 Å². The van der Waals surface area contributed by atoms with Crippen LogP contribution in [0.2, 0.25) is 38.3 Å². The van der Waals surface area contributed by atoms with Gasteiger partial charge in [0.05, 0.1) is 20.8 Å². The number of ether oxygens (including phenoxy) is 5. The van der Waals surface area contributed by atoms with E-state index >= 15 is 0 Å². The third-order valence-corrected chi connectivity index (χ3v) is 13.9. The molecule has 0 saturated heterocycles. The Bertz CT molecular complexity index is 1100. The van der Waals surface area contributed by atoms with Crippen LogP contribution in [0, 0.1) is 6.92 Å². The van der Waals surface area contributed by atoms with Crippen molar-refractivity contribution >= 4 is 28.9 Å². The van der Waals surface area contributed by atoms with Crippen LogP contribution in [0.3, 0.4) is 0 Å². The molecule has 0 spiro atoms. The van der Waals surface area contributed by atoms with Gasteiger partial charge < -0.3 is 27.8 Å². The summed E-state index contributed by atoms with van der Waals surface area (Å²) in [5.74, 6) is 1.39. The third kappa shape index (κ3) is 11.4. The monoisotopic (exact) mass is 576 g/mol. The first-order valence-electron chi connectivity index (χ1n) is 13.4. The van der Waals surface area contributed by atoms with Crippen LogP contribution in [0.25, 0.3) is 0 Å². The number of hydrogen-bond acceptors (Lipinski definition) is 8. The smallest absolute Gasteiger partial charge is 0.493 e. The Balaban J connectivity index is 1.82. The molecule has 0 aliphatic carbocycles. The Morgan fingerprint density at radius 2 is 1.28 bits per heavy atom. The molecular formula is C29H44O8Si2. The summed E-state index contributed by atoms with van der Waals surface area (Å²) in [6, 6.07) is 13.7. The second-order valence-electron chi connectivity index (χ2n) is 10.8. The average molecular weight is 577 g/mol. The topological polar surface area (TPSA) is 89.5 Å². The fourth-order valence-electron chi connectivity index (χ4n) is 4.59. The molecule has 0 fully saturated rings. The van der Waals surface area contributed by atoms with Crippen LogP contribution in [0.5, 0.6) is 17.2 Å². The molecule has 0 bridgehead atoms. The van der Waals surface area contributed by atoms with E-state index in [-0.39, 0.29) is 6.61 Å². The molecular weight excluding hydrogens is 532 g/mol. The summed E-state index contributed by atoms with van der Waals surface area (Å²) in [7, 11) is -0.837. The largest absolute Gasteiger partial charge is 0.513 e. The van der Waals surface area contributed by atoms with Crippen molar-refractivity contribution in [2.45, 2.75) is 77.8 Å². The Kier molecular flexibility index (Phi) is 12.5. The number of benzene rings is 2. The number of aryl methyl sites for hydroxylation is 3. The standard InChI is InChI=1S/C29H44O8Si2/c1-9-34-29(31)35-25-16-14-23(20-22(25)2)12-10-18-38(5,6)37-39(7,8)19-11-13-24-15-17-26(27(21-24)32-3)36-28(30)33-4/h14-17,20-21H,9-13,18-19H2,1-8H3. The van der Waals surface area contributed by atoms with Crippen LogP contribution in [0.4, 0.5) is 9.59 Å². The minimum absolute atomic E-state index is 0.288. The molecule has 2 aromatic carbocycles. The van der Waals surface area contributed by atoms with Gasteiger partial charge in [-0.15, -0.1) is 0 Å². The highest BCUT2D eigenvalue weighted by atomic mass is 28.4. The first kappa shape index (κ1) is 32.4. The second-order valence-corrected chi connectivity index (χ2v) is 19.6. The number of hydrogen-bond donors (Lipinski definition) is 0. The minimum Gasteiger partial charge on any atom is -0.493 e. The predicted octanol–water partition coefficient (Wildman–Crippen LogP) is 7.68. The van der Waals surface area contributed by atoms with Gasteiger partial charge in [-0.25, -0.2) is 9.59 Å². The molecule has 0 aliphatic rings. The fourth-order valence-corrected chi connectivity index (χ4v) is 13.4. The average Bonchev–Trinajstić information content (AvgIpc) is 2.85. The molecule has 2 aromatic rings.